The Balaban J connectivity index is 2.22. The fourth-order valence-electron chi connectivity index (χ4n) is 1.44. The quantitative estimate of drug-likeness (QED) is 0.860. The lowest BCUT2D eigenvalue weighted by atomic mass is 10.2. The van der Waals surface area contributed by atoms with E-state index in [1.807, 2.05) is 13.0 Å². The van der Waals surface area contributed by atoms with Crippen LogP contribution >= 0.6 is 0 Å². The van der Waals surface area contributed by atoms with E-state index in [1.165, 1.54) is 6.20 Å². The van der Waals surface area contributed by atoms with E-state index in [1.54, 1.807) is 18.3 Å². The molecule has 2 rings (SSSR count). The van der Waals surface area contributed by atoms with Crippen molar-refractivity contribution in [1.82, 2.24) is 10.3 Å². The first-order chi connectivity index (χ1) is 7.81. The van der Waals surface area contributed by atoms with E-state index in [0.29, 0.717) is 17.9 Å². The zero-order valence-corrected chi connectivity index (χ0v) is 9.03. The Bertz CT molecular complexity index is 468. The third-order valence-electron chi connectivity index (χ3n) is 2.25. The molecule has 0 atom stereocenters. The number of pyridine rings is 1. The first kappa shape index (κ1) is 10.8. The van der Waals surface area contributed by atoms with Crippen molar-refractivity contribution >= 4 is 0 Å². The monoisotopic (exact) mass is 220 g/mol. The van der Waals surface area contributed by atoms with Crippen LogP contribution in [-0.2, 0) is 6.54 Å². The van der Waals surface area contributed by atoms with Crippen LogP contribution in [0.5, 0.6) is 0 Å². The molecule has 2 heterocycles. The van der Waals surface area contributed by atoms with Gasteiger partial charge in [-0.1, -0.05) is 6.92 Å². The van der Waals surface area contributed by atoms with E-state index < -0.39 is 0 Å². The summed E-state index contributed by atoms with van der Waals surface area (Å²) < 4.78 is 18.9. The highest BCUT2D eigenvalue weighted by Gasteiger charge is 2.08. The van der Waals surface area contributed by atoms with Crippen LogP contribution in [0.2, 0.25) is 0 Å². The second-order valence-electron chi connectivity index (χ2n) is 3.40. The molecule has 0 fully saturated rings. The summed E-state index contributed by atoms with van der Waals surface area (Å²) in [6, 6.07) is 5.22. The number of rotatable bonds is 4. The van der Waals surface area contributed by atoms with Crippen molar-refractivity contribution < 1.29 is 8.81 Å². The number of nitrogens with one attached hydrogen (secondary N) is 1. The van der Waals surface area contributed by atoms with E-state index in [-0.39, 0.29) is 5.82 Å². The molecule has 0 unspecified atom stereocenters. The van der Waals surface area contributed by atoms with Gasteiger partial charge in [0.25, 0.3) is 0 Å². The average Bonchev–Trinajstić information content (AvgIpc) is 2.75. The van der Waals surface area contributed by atoms with Crippen molar-refractivity contribution in [2.45, 2.75) is 13.5 Å². The van der Waals surface area contributed by atoms with Gasteiger partial charge in [-0.3, -0.25) is 4.98 Å². The van der Waals surface area contributed by atoms with Crippen LogP contribution in [0.25, 0.3) is 11.3 Å². The Kier molecular flexibility index (Phi) is 3.31. The minimum atomic E-state index is -0.369. The molecular formula is C12H13FN2O. The molecule has 0 aliphatic rings. The van der Waals surface area contributed by atoms with Crippen LogP contribution in [0, 0.1) is 5.82 Å². The average molecular weight is 220 g/mol. The molecule has 0 saturated carbocycles. The van der Waals surface area contributed by atoms with Crippen LogP contribution in [-0.4, -0.2) is 11.5 Å². The van der Waals surface area contributed by atoms with Gasteiger partial charge >= 0.3 is 0 Å². The van der Waals surface area contributed by atoms with Gasteiger partial charge in [-0.2, -0.15) is 0 Å². The number of halogens is 1. The zero-order valence-electron chi connectivity index (χ0n) is 9.03. The van der Waals surface area contributed by atoms with Crippen molar-refractivity contribution in [2.24, 2.45) is 0 Å². The van der Waals surface area contributed by atoms with Gasteiger partial charge in [0.05, 0.1) is 18.3 Å². The van der Waals surface area contributed by atoms with Gasteiger partial charge < -0.3 is 9.73 Å². The van der Waals surface area contributed by atoms with Crippen LogP contribution < -0.4 is 5.32 Å². The van der Waals surface area contributed by atoms with Crippen molar-refractivity contribution in [3.8, 4) is 11.3 Å². The lowest BCUT2D eigenvalue weighted by Gasteiger charge is -1.99. The Morgan fingerprint density at radius 3 is 3.00 bits per heavy atom. The fourth-order valence-corrected chi connectivity index (χ4v) is 1.44. The number of aromatic nitrogens is 1. The van der Waals surface area contributed by atoms with E-state index in [9.17, 15) is 4.39 Å². The highest BCUT2D eigenvalue weighted by Crippen LogP contribution is 2.23. The van der Waals surface area contributed by atoms with Gasteiger partial charge in [-0.05, 0) is 24.7 Å². The molecule has 0 aliphatic carbocycles. The molecular weight excluding hydrogens is 207 g/mol. The molecule has 0 spiro atoms. The van der Waals surface area contributed by atoms with Crippen molar-refractivity contribution in [1.29, 1.82) is 0 Å². The summed E-state index contributed by atoms with van der Waals surface area (Å²) >= 11 is 0. The van der Waals surface area contributed by atoms with Gasteiger partial charge in [0, 0.05) is 6.20 Å². The molecule has 0 amide bonds. The molecule has 0 radical (unpaired) electrons. The lowest BCUT2D eigenvalue weighted by molar-refractivity contribution is 0.494. The smallest absolute Gasteiger partial charge is 0.152 e. The normalized spacial score (nSPS) is 10.6. The molecule has 1 N–H and O–H groups in total. The maximum Gasteiger partial charge on any atom is 0.152 e. The number of hydrogen-bond acceptors (Lipinski definition) is 3. The molecule has 0 bridgehead atoms. The van der Waals surface area contributed by atoms with Crippen LogP contribution in [0.15, 0.2) is 35.0 Å². The summed E-state index contributed by atoms with van der Waals surface area (Å²) in [5.41, 5.74) is 0.442. The molecule has 4 heteroatoms. The molecule has 2 aromatic heterocycles. The number of furan rings is 1. The summed E-state index contributed by atoms with van der Waals surface area (Å²) in [6.45, 7) is 3.55. The third kappa shape index (κ3) is 2.28. The van der Waals surface area contributed by atoms with Crippen molar-refractivity contribution in [2.75, 3.05) is 6.54 Å². The SMILES string of the molecule is CCNCc1ccc(-c2ccncc2F)o1. The minimum absolute atomic E-state index is 0.369. The zero-order chi connectivity index (χ0) is 11.4. The van der Waals surface area contributed by atoms with Crippen LogP contribution in [0.1, 0.15) is 12.7 Å². The lowest BCUT2D eigenvalue weighted by Crippen LogP contribution is -2.10. The predicted octanol–water partition coefficient (Wildman–Crippen LogP) is 2.59. The first-order valence-corrected chi connectivity index (χ1v) is 5.20. The number of hydrogen-bond donors (Lipinski definition) is 1. The maximum absolute atomic E-state index is 13.4. The van der Waals surface area contributed by atoms with Crippen LogP contribution in [0.3, 0.4) is 0 Å². The Labute approximate surface area is 93.3 Å². The Hall–Kier alpha value is -1.68. The molecule has 0 saturated heterocycles. The minimum Gasteiger partial charge on any atom is -0.460 e. The molecule has 84 valence electrons. The van der Waals surface area contributed by atoms with Gasteiger partial charge in [-0.15, -0.1) is 0 Å². The van der Waals surface area contributed by atoms with Crippen molar-refractivity contribution in [3.05, 3.63) is 42.2 Å². The van der Waals surface area contributed by atoms with Gasteiger partial charge in [0.15, 0.2) is 5.82 Å². The van der Waals surface area contributed by atoms with E-state index in [4.69, 9.17) is 4.42 Å². The molecule has 3 nitrogen and oxygen atoms in total. The Morgan fingerprint density at radius 1 is 1.38 bits per heavy atom. The highest BCUT2D eigenvalue weighted by atomic mass is 19.1. The summed E-state index contributed by atoms with van der Waals surface area (Å²) in [5, 5.41) is 3.14. The molecule has 0 aliphatic heterocycles. The number of nitrogens with zero attached hydrogens (tertiary/aromatic N) is 1. The van der Waals surface area contributed by atoms with Gasteiger partial charge in [0.2, 0.25) is 0 Å². The fraction of sp³-hybridized carbons (Fsp3) is 0.250. The van der Waals surface area contributed by atoms with E-state index in [0.717, 1.165) is 12.3 Å². The maximum atomic E-state index is 13.4. The second kappa shape index (κ2) is 4.90. The topological polar surface area (TPSA) is 38.1 Å². The molecule has 16 heavy (non-hydrogen) atoms. The summed E-state index contributed by atoms with van der Waals surface area (Å²) in [4.78, 5) is 3.70. The Morgan fingerprint density at radius 2 is 2.25 bits per heavy atom. The molecule has 2 aromatic rings. The van der Waals surface area contributed by atoms with Gasteiger partial charge in [-0.25, -0.2) is 4.39 Å². The summed E-state index contributed by atoms with van der Waals surface area (Å²) in [5.74, 6) is 0.965. The standard InChI is InChI=1S/C12H13FN2O/c1-2-14-7-9-3-4-12(16-9)10-5-6-15-8-11(10)13/h3-6,8,14H,2,7H2,1H3. The van der Waals surface area contributed by atoms with Crippen LogP contribution in [0.4, 0.5) is 4.39 Å². The molecule has 0 aromatic carbocycles. The largest absolute Gasteiger partial charge is 0.460 e. The van der Waals surface area contributed by atoms with Gasteiger partial charge in [0.1, 0.15) is 11.5 Å². The second-order valence-corrected chi connectivity index (χ2v) is 3.40. The van der Waals surface area contributed by atoms with E-state index >= 15 is 0 Å². The third-order valence-corrected chi connectivity index (χ3v) is 2.25. The first-order valence-electron chi connectivity index (χ1n) is 5.20. The predicted molar refractivity (Wildman–Crippen MR) is 59.3 cm³/mol. The summed E-state index contributed by atoms with van der Waals surface area (Å²) in [7, 11) is 0. The van der Waals surface area contributed by atoms with Crippen molar-refractivity contribution in [3.63, 3.8) is 0 Å². The highest BCUT2D eigenvalue weighted by molar-refractivity contribution is 5.57. The van der Waals surface area contributed by atoms with E-state index in [2.05, 4.69) is 10.3 Å². The summed E-state index contributed by atoms with van der Waals surface area (Å²) in [6.07, 6.45) is 2.73.